The second kappa shape index (κ2) is 3.89. The quantitative estimate of drug-likeness (QED) is 0.582. The Hall–Kier alpha value is -1.26. The van der Waals surface area contributed by atoms with Crippen molar-refractivity contribution >= 4 is 45.9 Å². The molecule has 1 N–H and O–H groups in total. The number of carbonyl (C=O) groups excluding carboxylic acids is 2. The highest BCUT2D eigenvalue weighted by Crippen LogP contribution is 2.39. The van der Waals surface area contributed by atoms with E-state index in [-0.39, 0.29) is 5.91 Å². The maximum atomic E-state index is 11.9. The van der Waals surface area contributed by atoms with E-state index in [0.29, 0.717) is 16.4 Å². The molecule has 0 bridgehead atoms. The minimum Gasteiger partial charge on any atom is -0.322 e. The number of halogens is 2. The SMILES string of the molecule is CC1(C)C(=O)Nc2ccc(Cl)cc2N1C(=O)Cl. The summed E-state index contributed by atoms with van der Waals surface area (Å²) in [6.07, 6.45) is 0. The Labute approximate surface area is 108 Å². The van der Waals surface area contributed by atoms with Crippen LogP contribution >= 0.6 is 23.2 Å². The van der Waals surface area contributed by atoms with Gasteiger partial charge in [-0.2, -0.15) is 0 Å². The zero-order chi connectivity index (χ0) is 12.8. The first-order valence-corrected chi connectivity index (χ1v) is 5.70. The summed E-state index contributed by atoms with van der Waals surface area (Å²) in [7, 11) is 0. The minimum atomic E-state index is -1.05. The molecular weight excluding hydrogens is 263 g/mol. The number of rotatable bonds is 0. The molecule has 2 rings (SSSR count). The van der Waals surface area contributed by atoms with Crippen LogP contribution in [0.5, 0.6) is 0 Å². The molecule has 0 fully saturated rings. The third-order valence-corrected chi connectivity index (χ3v) is 3.14. The predicted octanol–water partition coefficient (Wildman–Crippen LogP) is 3.24. The highest BCUT2D eigenvalue weighted by Gasteiger charge is 2.43. The van der Waals surface area contributed by atoms with Gasteiger partial charge in [-0.15, -0.1) is 0 Å². The van der Waals surface area contributed by atoms with Crippen LogP contribution in [0.25, 0.3) is 0 Å². The molecule has 0 saturated carbocycles. The van der Waals surface area contributed by atoms with Crippen molar-refractivity contribution < 1.29 is 9.59 Å². The van der Waals surface area contributed by atoms with Gasteiger partial charge in [0.25, 0.3) is 0 Å². The van der Waals surface area contributed by atoms with Gasteiger partial charge in [0, 0.05) is 5.02 Å². The molecule has 0 radical (unpaired) electrons. The van der Waals surface area contributed by atoms with Gasteiger partial charge in [-0.3, -0.25) is 14.5 Å². The number of carbonyl (C=O) groups is 2. The predicted molar refractivity (Wildman–Crippen MR) is 67.9 cm³/mol. The molecule has 17 heavy (non-hydrogen) atoms. The van der Waals surface area contributed by atoms with Crippen molar-refractivity contribution in [2.45, 2.75) is 19.4 Å². The van der Waals surface area contributed by atoms with E-state index in [1.807, 2.05) is 0 Å². The minimum absolute atomic E-state index is 0.290. The highest BCUT2D eigenvalue weighted by molar-refractivity contribution is 6.66. The zero-order valence-corrected chi connectivity index (χ0v) is 10.8. The molecule has 1 heterocycles. The van der Waals surface area contributed by atoms with Gasteiger partial charge >= 0.3 is 5.37 Å². The molecule has 0 unspecified atom stereocenters. The van der Waals surface area contributed by atoms with Gasteiger partial charge in [-0.05, 0) is 43.6 Å². The first kappa shape index (κ1) is 12.2. The Kier molecular flexibility index (Phi) is 2.79. The molecule has 0 spiro atoms. The van der Waals surface area contributed by atoms with E-state index < -0.39 is 10.9 Å². The van der Waals surface area contributed by atoms with Crippen LogP contribution in [0.2, 0.25) is 5.02 Å². The number of hydrogen-bond donors (Lipinski definition) is 1. The number of anilines is 2. The summed E-state index contributed by atoms with van der Waals surface area (Å²) >= 11 is 11.4. The number of hydrogen-bond acceptors (Lipinski definition) is 2. The van der Waals surface area contributed by atoms with Crippen molar-refractivity contribution in [1.29, 1.82) is 0 Å². The van der Waals surface area contributed by atoms with Crippen molar-refractivity contribution in [2.75, 3.05) is 10.2 Å². The van der Waals surface area contributed by atoms with Gasteiger partial charge in [0.05, 0.1) is 11.4 Å². The van der Waals surface area contributed by atoms with E-state index in [4.69, 9.17) is 23.2 Å². The highest BCUT2D eigenvalue weighted by atomic mass is 35.5. The second-order valence-corrected chi connectivity index (χ2v) is 5.02. The number of nitrogens with one attached hydrogen (secondary N) is 1. The molecule has 4 nitrogen and oxygen atoms in total. The third kappa shape index (κ3) is 1.87. The first-order chi connectivity index (χ1) is 7.84. The molecule has 0 aromatic heterocycles. The van der Waals surface area contributed by atoms with Gasteiger partial charge in [0.15, 0.2) is 0 Å². The molecular formula is C11H10Cl2N2O2. The lowest BCUT2D eigenvalue weighted by molar-refractivity contribution is -0.120. The number of benzene rings is 1. The van der Waals surface area contributed by atoms with E-state index in [9.17, 15) is 9.59 Å². The van der Waals surface area contributed by atoms with Crippen LogP contribution < -0.4 is 10.2 Å². The van der Waals surface area contributed by atoms with Gasteiger partial charge < -0.3 is 5.32 Å². The summed E-state index contributed by atoms with van der Waals surface area (Å²) < 4.78 is 0. The van der Waals surface area contributed by atoms with Gasteiger partial charge in [-0.1, -0.05) is 11.6 Å². The van der Waals surface area contributed by atoms with Crippen molar-refractivity contribution in [1.82, 2.24) is 0 Å². The largest absolute Gasteiger partial charge is 0.322 e. The second-order valence-electron chi connectivity index (χ2n) is 4.26. The van der Waals surface area contributed by atoms with Crippen LogP contribution in [0.1, 0.15) is 13.8 Å². The number of fused-ring (bicyclic) bond motifs is 1. The zero-order valence-electron chi connectivity index (χ0n) is 9.25. The summed E-state index contributed by atoms with van der Waals surface area (Å²) in [5.74, 6) is -0.290. The lowest BCUT2D eigenvalue weighted by atomic mass is 9.97. The Balaban J connectivity index is 2.65. The summed E-state index contributed by atoms with van der Waals surface area (Å²) in [5, 5.41) is 2.47. The molecule has 0 aliphatic carbocycles. The van der Waals surface area contributed by atoms with Crippen LogP contribution in [-0.4, -0.2) is 16.8 Å². The fourth-order valence-electron chi connectivity index (χ4n) is 1.79. The molecule has 6 heteroatoms. The standard InChI is InChI=1S/C11H10Cl2N2O2/c1-11(2)9(16)14-7-4-3-6(12)5-8(7)15(11)10(13)17/h3-5H,1-2H3,(H,14,16). The van der Waals surface area contributed by atoms with Crippen molar-refractivity contribution in [3.05, 3.63) is 23.2 Å². The third-order valence-electron chi connectivity index (χ3n) is 2.74. The average Bonchev–Trinajstić information content (AvgIpc) is 2.19. The summed E-state index contributed by atoms with van der Waals surface area (Å²) in [6.45, 7) is 3.24. The molecule has 90 valence electrons. The van der Waals surface area contributed by atoms with Crippen LogP contribution in [0.3, 0.4) is 0 Å². The lowest BCUT2D eigenvalue weighted by Crippen LogP contribution is -2.57. The molecule has 0 saturated heterocycles. The van der Waals surface area contributed by atoms with E-state index in [1.165, 1.54) is 4.90 Å². The monoisotopic (exact) mass is 272 g/mol. The van der Waals surface area contributed by atoms with Crippen molar-refractivity contribution in [3.8, 4) is 0 Å². The van der Waals surface area contributed by atoms with Gasteiger partial charge in [0.2, 0.25) is 5.91 Å². The first-order valence-electron chi connectivity index (χ1n) is 4.95. The molecule has 1 aromatic rings. The normalized spacial score (nSPS) is 17.4. The van der Waals surface area contributed by atoms with E-state index in [0.717, 1.165) is 0 Å². The topological polar surface area (TPSA) is 49.4 Å². The molecule has 0 atom stereocenters. The van der Waals surface area contributed by atoms with Crippen molar-refractivity contribution in [3.63, 3.8) is 0 Å². The summed E-state index contributed by atoms with van der Waals surface area (Å²) in [6, 6.07) is 4.87. The number of amides is 2. The Bertz CT molecular complexity index is 514. The van der Waals surface area contributed by atoms with E-state index in [2.05, 4.69) is 5.32 Å². The smallest absolute Gasteiger partial charge is 0.321 e. The van der Waals surface area contributed by atoms with Crippen LogP contribution in [0, 0.1) is 0 Å². The Morgan fingerprint density at radius 2 is 2.06 bits per heavy atom. The maximum Gasteiger partial charge on any atom is 0.321 e. The average molecular weight is 273 g/mol. The molecule has 1 aliphatic heterocycles. The number of nitrogens with zero attached hydrogens (tertiary/aromatic N) is 1. The molecule has 1 aliphatic rings. The summed E-state index contributed by atoms with van der Waals surface area (Å²) in [5.41, 5.74) is -0.0221. The fourth-order valence-corrected chi connectivity index (χ4v) is 2.26. The van der Waals surface area contributed by atoms with E-state index >= 15 is 0 Å². The van der Waals surface area contributed by atoms with Crippen LogP contribution in [-0.2, 0) is 4.79 Å². The Morgan fingerprint density at radius 1 is 1.41 bits per heavy atom. The Morgan fingerprint density at radius 3 is 2.65 bits per heavy atom. The fraction of sp³-hybridized carbons (Fsp3) is 0.273. The summed E-state index contributed by atoms with van der Waals surface area (Å²) in [4.78, 5) is 24.6. The molecule has 1 aromatic carbocycles. The van der Waals surface area contributed by atoms with Crippen LogP contribution in [0.15, 0.2) is 18.2 Å². The van der Waals surface area contributed by atoms with E-state index in [1.54, 1.807) is 32.0 Å². The maximum absolute atomic E-state index is 11.9. The van der Waals surface area contributed by atoms with Crippen LogP contribution in [0.4, 0.5) is 16.2 Å². The van der Waals surface area contributed by atoms with Gasteiger partial charge in [-0.25, -0.2) is 0 Å². The molecule has 2 amide bonds. The van der Waals surface area contributed by atoms with Crippen molar-refractivity contribution in [2.24, 2.45) is 0 Å². The lowest BCUT2D eigenvalue weighted by Gasteiger charge is -2.40. The van der Waals surface area contributed by atoms with Gasteiger partial charge in [0.1, 0.15) is 5.54 Å².